The maximum Gasteiger partial charge on any atom is 0.133 e. The Kier molecular flexibility index (Phi) is 4.30. The SMILES string of the molecule is CCCc1nc(Cc2ccc(C)cc2)nc2c1CNCC2. The van der Waals surface area contributed by atoms with Gasteiger partial charge < -0.3 is 5.32 Å². The molecule has 2 heterocycles. The van der Waals surface area contributed by atoms with Crippen LogP contribution < -0.4 is 5.32 Å². The predicted octanol–water partition coefficient (Wildman–Crippen LogP) is 2.97. The van der Waals surface area contributed by atoms with Gasteiger partial charge in [-0.05, 0) is 18.9 Å². The van der Waals surface area contributed by atoms with Crippen molar-refractivity contribution in [3.63, 3.8) is 0 Å². The summed E-state index contributed by atoms with van der Waals surface area (Å²) in [5.41, 5.74) is 6.43. The Hall–Kier alpha value is -1.74. The summed E-state index contributed by atoms with van der Waals surface area (Å²) >= 11 is 0. The highest BCUT2D eigenvalue weighted by molar-refractivity contribution is 5.30. The van der Waals surface area contributed by atoms with Gasteiger partial charge in [0.25, 0.3) is 0 Å². The topological polar surface area (TPSA) is 37.8 Å². The molecule has 3 heteroatoms. The number of benzene rings is 1. The molecule has 0 aliphatic carbocycles. The quantitative estimate of drug-likeness (QED) is 0.936. The van der Waals surface area contributed by atoms with E-state index < -0.39 is 0 Å². The molecule has 0 spiro atoms. The fraction of sp³-hybridized carbons (Fsp3) is 0.444. The summed E-state index contributed by atoms with van der Waals surface area (Å²) in [6, 6.07) is 8.67. The minimum atomic E-state index is 0.831. The van der Waals surface area contributed by atoms with E-state index in [0.29, 0.717) is 0 Å². The Morgan fingerprint density at radius 2 is 1.95 bits per heavy atom. The highest BCUT2D eigenvalue weighted by atomic mass is 14.9. The molecule has 0 unspecified atom stereocenters. The molecule has 1 aliphatic rings. The summed E-state index contributed by atoms with van der Waals surface area (Å²) in [6.07, 6.45) is 4.04. The first-order chi connectivity index (χ1) is 10.3. The van der Waals surface area contributed by atoms with Crippen LogP contribution in [0.4, 0.5) is 0 Å². The van der Waals surface area contributed by atoms with Gasteiger partial charge >= 0.3 is 0 Å². The third-order valence-electron chi connectivity index (χ3n) is 4.03. The minimum Gasteiger partial charge on any atom is -0.312 e. The van der Waals surface area contributed by atoms with Crippen LogP contribution in [0.1, 0.15) is 47.2 Å². The second-order valence-corrected chi connectivity index (χ2v) is 5.85. The molecular formula is C18H23N3. The summed E-state index contributed by atoms with van der Waals surface area (Å²) in [6.45, 7) is 6.28. The normalized spacial score (nSPS) is 14.0. The third-order valence-corrected chi connectivity index (χ3v) is 4.03. The number of hydrogen-bond donors (Lipinski definition) is 1. The standard InChI is InChI=1S/C18H23N3/c1-3-4-16-15-12-19-10-9-17(15)21-18(20-16)11-14-7-5-13(2)6-8-14/h5-8,19H,3-4,9-12H2,1-2H3. The largest absolute Gasteiger partial charge is 0.312 e. The predicted molar refractivity (Wildman–Crippen MR) is 85.4 cm³/mol. The maximum atomic E-state index is 4.84. The second-order valence-electron chi connectivity index (χ2n) is 5.85. The van der Waals surface area contributed by atoms with E-state index in [0.717, 1.165) is 44.6 Å². The zero-order chi connectivity index (χ0) is 14.7. The van der Waals surface area contributed by atoms with Gasteiger partial charge in [0.15, 0.2) is 0 Å². The smallest absolute Gasteiger partial charge is 0.133 e. The van der Waals surface area contributed by atoms with Gasteiger partial charge in [0, 0.05) is 37.2 Å². The first-order valence-electron chi connectivity index (χ1n) is 7.90. The van der Waals surface area contributed by atoms with Gasteiger partial charge in [-0.15, -0.1) is 0 Å². The molecular weight excluding hydrogens is 258 g/mol. The monoisotopic (exact) mass is 281 g/mol. The summed E-state index contributed by atoms with van der Waals surface area (Å²) in [5.74, 6) is 0.975. The third kappa shape index (κ3) is 3.30. The summed E-state index contributed by atoms with van der Waals surface area (Å²) in [7, 11) is 0. The van der Waals surface area contributed by atoms with Crippen molar-refractivity contribution in [1.82, 2.24) is 15.3 Å². The van der Waals surface area contributed by atoms with Crippen molar-refractivity contribution in [1.29, 1.82) is 0 Å². The fourth-order valence-corrected chi connectivity index (χ4v) is 2.88. The first-order valence-corrected chi connectivity index (χ1v) is 7.90. The fourth-order valence-electron chi connectivity index (χ4n) is 2.88. The molecule has 0 bridgehead atoms. The number of rotatable bonds is 4. The zero-order valence-corrected chi connectivity index (χ0v) is 12.9. The Labute approximate surface area is 126 Å². The Morgan fingerprint density at radius 3 is 2.71 bits per heavy atom. The number of aromatic nitrogens is 2. The second kappa shape index (κ2) is 6.35. The molecule has 0 atom stereocenters. The minimum absolute atomic E-state index is 0.831. The van der Waals surface area contributed by atoms with Crippen LogP contribution in [0, 0.1) is 6.92 Å². The van der Waals surface area contributed by atoms with Crippen molar-refractivity contribution < 1.29 is 0 Å². The number of nitrogens with one attached hydrogen (secondary N) is 1. The van der Waals surface area contributed by atoms with Crippen molar-refractivity contribution >= 4 is 0 Å². The van der Waals surface area contributed by atoms with Crippen LogP contribution in [0.25, 0.3) is 0 Å². The lowest BCUT2D eigenvalue weighted by atomic mass is 10.0. The van der Waals surface area contributed by atoms with Crippen LogP contribution in [0.3, 0.4) is 0 Å². The highest BCUT2D eigenvalue weighted by Gasteiger charge is 2.17. The molecule has 0 radical (unpaired) electrons. The molecule has 21 heavy (non-hydrogen) atoms. The Balaban J connectivity index is 1.91. The molecule has 3 nitrogen and oxygen atoms in total. The van der Waals surface area contributed by atoms with Crippen molar-refractivity contribution in [2.75, 3.05) is 6.54 Å². The summed E-state index contributed by atoms with van der Waals surface area (Å²) < 4.78 is 0. The lowest BCUT2D eigenvalue weighted by Gasteiger charge is -2.20. The summed E-state index contributed by atoms with van der Waals surface area (Å²) in [5, 5.41) is 3.44. The van der Waals surface area contributed by atoms with Gasteiger partial charge in [0.05, 0.1) is 5.69 Å². The van der Waals surface area contributed by atoms with E-state index in [1.165, 1.54) is 28.1 Å². The van der Waals surface area contributed by atoms with E-state index in [-0.39, 0.29) is 0 Å². The molecule has 110 valence electrons. The Morgan fingerprint density at radius 1 is 1.14 bits per heavy atom. The van der Waals surface area contributed by atoms with E-state index in [1.807, 2.05) is 0 Å². The van der Waals surface area contributed by atoms with Gasteiger partial charge in [-0.1, -0.05) is 43.2 Å². The van der Waals surface area contributed by atoms with Crippen LogP contribution in [0.5, 0.6) is 0 Å². The van der Waals surface area contributed by atoms with Gasteiger partial charge in [0.2, 0.25) is 0 Å². The molecule has 1 aromatic carbocycles. The van der Waals surface area contributed by atoms with Crippen LogP contribution in [0.2, 0.25) is 0 Å². The molecule has 1 aromatic heterocycles. The molecule has 2 aromatic rings. The maximum absolute atomic E-state index is 4.84. The number of fused-ring (bicyclic) bond motifs is 1. The van der Waals surface area contributed by atoms with Crippen molar-refractivity contribution in [3.05, 3.63) is 58.2 Å². The van der Waals surface area contributed by atoms with Gasteiger partial charge in [-0.25, -0.2) is 9.97 Å². The molecule has 0 saturated carbocycles. The first kappa shape index (κ1) is 14.2. The van der Waals surface area contributed by atoms with E-state index in [4.69, 9.17) is 9.97 Å². The van der Waals surface area contributed by atoms with Crippen LogP contribution >= 0.6 is 0 Å². The van der Waals surface area contributed by atoms with E-state index in [9.17, 15) is 0 Å². The molecule has 0 saturated heterocycles. The van der Waals surface area contributed by atoms with Gasteiger partial charge in [0.1, 0.15) is 5.82 Å². The average Bonchev–Trinajstić information content (AvgIpc) is 2.50. The molecule has 3 rings (SSSR count). The zero-order valence-electron chi connectivity index (χ0n) is 12.9. The van der Waals surface area contributed by atoms with Gasteiger partial charge in [-0.2, -0.15) is 0 Å². The van der Waals surface area contributed by atoms with Crippen LogP contribution in [0.15, 0.2) is 24.3 Å². The molecule has 0 fully saturated rings. The average molecular weight is 281 g/mol. The van der Waals surface area contributed by atoms with Crippen molar-refractivity contribution in [3.8, 4) is 0 Å². The van der Waals surface area contributed by atoms with Gasteiger partial charge in [-0.3, -0.25) is 0 Å². The lowest BCUT2D eigenvalue weighted by molar-refractivity contribution is 0.608. The van der Waals surface area contributed by atoms with E-state index in [1.54, 1.807) is 0 Å². The van der Waals surface area contributed by atoms with E-state index >= 15 is 0 Å². The number of hydrogen-bond acceptors (Lipinski definition) is 3. The lowest BCUT2D eigenvalue weighted by Crippen LogP contribution is -2.27. The molecule has 1 N–H and O–H groups in total. The van der Waals surface area contributed by atoms with Crippen LogP contribution in [-0.2, 0) is 25.8 Å². The molecule has 1 aliphatic heterocycles. The van der Waals surface area contributed by atoms with Crippen molar-refractivity contribution in [2.24, 2.45) is 0 Å². The number of aryl methyl sites for hydroxylation is 2. The highest BCUT2D eigenvalue weighted by Crippen LogP contribution is 2.18. The van der Waals surface area contributed by atoms with E-state index in [2.05, 4.69) is 43.4 Å². The number of nitrogens with zero attached hydrogens (tertiary/aromatic N) is 2. The summed E-state index contributed by atoms with van der Waals surface area (Å²) in [4.78, 5) is 9.67. The molecule has 0 amide bonds. The Bertz CT molecular complexity index is 617. The van der Waals surface area contributed by atoms with Crippen LogP contribution in [-0.4, -0.2) is 16.5 Å². The van der Waals surface area contributed by atoms with Crippen molar-refractivity contribution in [2.45, 2.75) is 46.1 Å².